The molecule has 0 aliphatic carbocycles. The highest BCUT2D eigenvalue weighted by Crippen LogP contribution is 2.33. The van der Waals surface area contributed by atoms with Gasteiger partial charge in [-0.3, -0.25) is 4.79 Å². The molecule has 0 aliphatic heterocycles. The molecule has 1 unspecified atom stereocenters. The molecule has 0 saturated carbocycles. The number of carbonyl (C=O) groups is 1. The number of ether oxygens (including phenoxy) is 1. The van der Waals surface area contributed by atoms with E-state index in [1.54, 1.807) is 12.1 Å². The molecule has 2 nitrogen and oxygen atoms in total. The van der Waals surface area contributed by atoms with E-state index in [0.29, 0.717) is 5.75 Å². The first-order chi connectivity index (χ1) is 10.4. The van der Waals surface area contributed by atoms with Gasteiger partial charge in [0.1, 0.15) is 5.75 Å². The average Bonchev–Trinajstić information content (AvgIpc) is 2.47. The Balaban J connectivity index is 2.11. The van der Waals surface area contributed by atoms with E-state index in [2.05, 4.69) is 0 Å². The lowest BCUT2D eigenvalue weighted by Crippen LogP contribution is -2.33. The van der Waals surface area contributed by atoms with Crippen LogP contribution in [0.5, 0.6) is 5.75 Å². The Labute approximate surface area is 144 Å². The second kappa shape index (κ2) is 7.87. The summed E-state index contributed by atoms with van der Waals surface area (Å²) in [5.74, 6) is 0.449. The predicted octanol–water partition coefficient (Wildman–Crippen LogP) is 5.01. The number of halogens is 3. The van der Waals surface area contributed by atoms with E-state index in [0.717, 1.165) is 5.56 Å². The summed E-state index contributed by atoms with van der Waals surface area (Å²) >= 11 is 17.5. The molecule has 0 fully saturated rings. The maximum absolute atomic E-state index is 12.5. The molecule has 0 N–H and O–H groups in total. The summed E-state index contributed by atoms with van der Waals surface area (Å²) in [7, 11) is 0. The third-order valence-corrected chi connectivity index (χ3v) is 3.48. The van der Waals surface area contributed by atoms with Crippen LogP contribution in [0.25, 0.3) is 0 Å². The maximum Gasteiger partial charge on any atom is 0.194 e. The topological polar surface area (TPSA) is 26.3 Å². The highest BCUT2D eigenvalue weighted by molar-refractivity contribution is 6.67. The molecule has 0 amide bonds. The van der Waals surface area contributed by atoms with Crippen molar-refractivity contribution >= 4 is 40.6 Å². The fourth-order valence-electron chi connectivity index (χ4n) is 2.01. The summed E-state index contributed by atoms with van der Waals surface area (Å²) in [4.78, 5) is 12.5. The van der Waals surface area contributed by atoms with Crippen molar-refractivity contribution in [1.29, 1.82) is 0 Å². The number of ketones is 1. The van der Waals surface area contributed by atoms with Crippen LogP contribution in [0.1, 0.15) is 12.0 Å². The SMILES string of the molecule is O=C(Cc1ccccc1)C(CC(Cl)(Cl)Cl)Oc1ccccc1. The van der Waals surface area contributed by atoms with Gasteiger partial charge in [0.15, 0.2) is 15.7 Å². The Hall–Kier alpha value is -1.22. The fourth-order valence-corrected chi connectivity index (χ4v) is 2.43. The molecule has 2 aromatic rings. The molecule has 5 heteroatoms. The van der Waals surface area contributed by atoms with Gasteiger partial charge in [0.2, 0.25) is 0 Å². The van der Waals surface area contributed by atoms with Crippen LogP contribution < -0.4 is 4.74 Å². The van der Waals surface area contributed by atoms with Gasteiger partial charge in [-0.05, 0) is 17.7 Å². The number of rotatable bonds is 6. The first-order valence-electron chi connectivity index (χ1n) is 6.79. The number of hydrogen-bond donors (Lipinski definition) is 0. The molecule has 0 radical (unpaired) electrons. The van der Waals surface area contributed by atoms with E-state index in [1.165, 1.54) is 0 Å². The Bertz CT molecular complexity index is 594. The number of benzene rings is 2. The molecule has 0 saturated heterocycles. The number of alkyl halides is 3. The van der Waals surface area contributed by atoms with Crippen LogP contribution in [-0.2, 0) is 11.2 Å². The molecule has 0 bridgehead atoms. The van der Waals surface area contributed by atoms with Crippen molar-refractivity contribution in [3.05, 3.63) is 66.2 Å². The summed E-state index contributed by atoms with van der Waals surface area (Å²) in [6, 6.07) is 18.5. The van der Waals surface area contributed by atoms with E-state index in [-0.39, 0.29) is 18.6 Å². The Kier molecular flexibility index (Phi) is 6.13. The van der Waals surface area contributed by atoms with Gasteiger partial charge in [-0.25, -0.2) is 0 Å². The number of hydrogen-bond acceptors (Lipinski definition) is 2. The number of para-hydroxylation sites is 1. The molecule has 0 aromatic heterocycles. The zero-order valence-corrected chi connectivity index (χ0v) is 14.0. The largest absolute Gasteiger partial charge is 0.482 e. The van der Waals surface area contributed by atoms with Crippen LogP contribution in [-0.4, -0.2) is 15.7 Å². The summed E-state index contributed by atoms with van der Waals surface area (Å²) in [6.07, 6.45) is -0.577. The van der Waals surface area contributed by atoms with Gasteiger partial charge in [-0.15, -0.1) is 0 Å². The molecule has 0 spiro atoms. The second-order valence-corrected chi connectivity index (χ2v) is 7.38. The normalized spacial score (nSPS) is 12.7. The first-order valence-corrected chi connectivity index (χ1v) is 7.92. The van der Waals surface area contributed by atoms with Gasteiger partial charge in [-0.1, -0.05) is 83.3 Å². The quantitative estimate of drug-likeness (QED) is 0.680. The molecule has 1 atom stereocenters. The standard InChI is InChI=1S/C17H15Cl3O2/c18-17(19,20)12-16(22-14-9-5-2-6-10-14)15(21)11-13-7-3-1-4-8-13/h1-10,16H,11-12H2. The van der Waals surface area contributed by atoms with Crippen molar-refractivity contribution in [2.75, 3.05) is 0 Å². The minimum absolute atomic E-state index is 0.00176. The Morgan fingerprint density at radius 2 is 1.50 bits per heavy atom. The van der Waals surface area contributed by atoms with Crippen LogP contribution in [0.2, 0.25) is 0 Å². The molecular weight excluding hydrogens is 343 g/mol. The zero-order chi connectivity index (χ0) is 16.0. The van der Waals surface area contributed by atoms with E-state index >= 15 is 0 Å². The predicted molar refractivity (Wildman–Crippen MR) is 90.9 cm³/mol. The van der Waals surface area contributed by atoms with Gasteiger partial charge < -0.3 is 4.74 Å². The zero-order valence-electron chi connectivity index (χ0n) is 11.7. The monoisotopic (exact) mass is 356 g/mol. The second-order valence-electron chi connectivity index (χ2n) is 4.87. The van der Waals surface area contributed by atoms with Crippen molar-refractivity contribution in [2.24, 2.45) is 0 Å². The van der Waals surface area contributed by atoms with Crippen molar-refractivity contribution in [1.82, 2.24) is 0 Å². The molecule has 0 aliphatic rings. The summed E-state index contributed by atoms with van der Waals surface area (Å²) in [6.45, 7) is 0. The molecular formula is C17H15Cl3O2. The molecule has 2 rings (SSSR count). The van der Waals surface area contributed by atoms with Crippen LogP contribution >= 0.6 is 34.8 Å². The van der Waals surface area contributed by atoms with E-state index in [9.17, 15) is 4.79 Å². The van der Waals surface area contributed by atoms with Crippen LogP contribution in [0.3, 0.4) is 0 Å². The van der Waals surface area contributed by atoms with Gasteiger partial charge >= 0.3 is 0 Å². The minimum Gasteiger partial charge on any atom is -0.482 e. The third-order valence-electron chi connectivity index (χ3n) is 3.02. The summed E-state index contributed by atoms with van der Waals surface area (Å²) in [5, 5.41) is 0. The Morgan fingerprint density at radius 3 is 2.05 bits per heavy atom. The lowest BCUT2D eigenvalue weighted by Gasteiger charge is -2.21. The van der Waals surface area contributed by atoms with Gasteiger partial charge in [-0.2, -0.15) is 0 Å². The molecule has 22 heavy (non-hydrogen) atoms. The van der Waals surface area contributed by atoms with Crippen molar-refractivity contribution in [3.63, 3.8) is 0 Å². The average molecular weight is 358 g/mol. The fraction of sp³-hybridized carbons (Fsp3) is 0.235. The highest BCUT2D eigenvalue weighted by atomic mass is 35.6. The number of Topliss-reactive ketones (excluding diaryl/α,β-unsaturated/α-hetero) is 1. The van der Waals surface area contributed by atoms with Crippen molar-refractivity contribution in [3.8, 4) is 5.75 Å². The third kappa shape index (κ3) is 5.88. The lowest BCUT2D eigenvalue weighted by molar-refractivity contribution is -0.125. The Morgan fingerprint density at radius 1 is 0.955 bits per heavy atom. The molecule has 0 heterocycles. The lowest BCUT2D eigenvalue weighted by atomic mass is 10.0. The molecule has 2 aromatic carbocycles. The van der Waals surface area contributed by atoms with Crippen LogP contribution in [0.4, 0.5) is 0 Å². The van der Waals surface area contributed by atoms with Crippen LogP contribution in [0, 0.1) is 0 Å². The highest BCUT2D eigenvalue weighted by Gasteiger charge is 2.31. The first kappa shape index (κ1) is 17.1. The van der Waals surface area contributed by atoms with Gasteiger partial charge in [0.05, 0.1) is 0 Å². The summed E-state index contributed by atoms with van der Waals surface area (Å²) < 4.78 is 4.17. The van der Waals surface area contributed by atoms with Gasteiger partial charge in [0, 0.05) is 12.8 Å². The van der Waals surface area contributed by atoms with Crippen molar-refractivity contribution in [2.45, 2.75) is 22.7 Å². The summed E-state index contributed by atoms with van der Waals surface area (Å²) in [5.41, 5.74) is 0.901. The van der Waals surface area contributed by atoms with Crippen LogP contribution in [0.15, 0.2) is 60.7 Å². The van der Waals surface area contributed by atoms with Gasteiger partial charge in [0.25, 0.3) is 0 Å². The smallest absolute Gasteiger partial charge is 0.194 e. The minimum atomic E-state index is -1.55. The number of carbonyl (C=O) groups excluding carboxylic acids is 1. The van der Waals surface area contributed by atoms with E-state index in [1.807, 2.05) is 48.5 Å². The van der Waals surface area contributed by atoms with E-state index < -0.39 is 9.90 Å². The van der Waals surface area contributed by atoms with Crippen molar-refractivity contribution < 1.29 is 9.53 Å². The maximum atomic E-state index is 12.5. The van der Waals surface area contributed by atoms with E-state index in [4.69, 9.17) is 39.5 Å². The molecule has 116 valence electrons.